The van der Waals surface area contributed by atoms with Crippen molar-refractivity contribution in [3.8, 4) is 0 Å². The summed E-state index contributed by atoms with van der Waals surface area (Å²) in [5.41, 5.74) is -0.865. The minimum atomic E-state index is -3.49. The summed E-state index contributed by atoms with van der Waals surface area (Å²) in [5.74, 6) is 0.00224. The molecule has 3 heterocycles. The molecule has 0 aromatic carbocycles. The highest BCUT2D eigenvalue weighted by atomic mass is 32.2. The second kappa shape index (κ2) is 9.36. The van der Waals surface area contributed by atoms with Crippen LogP contribution in [0.15, 0.2) is 0 Å². The van der Waals surface area contributed by atoms with Gasteiger partial charge in [0.15, 0.2) is 0 Å². The number of nitrogens with one attached hydrogen (secondary N) is 1. The molecule has 1 atom stereocenters. The number of aliphatic hydroxyl groups is 1. The minimum Gasteiger partial charge on any atom is -0.389 e. The molecule has 0 saturated carbocycles. The summed E-state index contributed by atoms with van der Waals surface area (Å²) in [6.07, 6.45) is 3.47. The Morgan fingerprint density at radius 1 is 1.07 bits per heavy atom. The molecule has 2 N–H and O–H groups in total. The molecule has 3 aliphatic heterocycles. The zero-order chi connectivity index (χ0) is 20.2. The SMILES string of the molecule is CC(=O)NC1CCN(C[C@@]2(O)CCCN(S(=O)(=O)N3CCOCC3)CC2)CC1. The van der Waals surface area contributed by atoms with Crippen molar-refractivity contribution >= 4 is 16.1 Å². The van der Waals surface area contributed by atoms with Gasteiger partial charge in [0.25, 0.3) is 10.2 Å². The maximum Gasteiger partial charge on any atom is 0.282 e. The Labute approximate surface area is 168 Å². The van der Waals surface area contributed by atoms with Crippen LogP contribution in [0.4, 0.5) is 0 Å². The molecule has 3 fully saturated rings. The Hall–Kier alpha value is -0.780. The van der Waals surface area contributed by atoms with Gasteiger partial charge in [0.1, 0.15) is 0 Å². The number of hydrogen-bond acceptors (Lipinski definition) is 6. The number of nitrogens with zero attached hydrogens (tertiary/aromatic N) is 3. The highest BCUT2D eigenvalue weighted by Gasteiger charge is 2.38. The molecule has 3 rings (SSSR count). The van der Waals surface area contributed by atoms with E-state index in [1.165, 1.54) is 15.5 Å². The molecular weight excluding hydrogens is 384 g/mol. The molecule has 0 aromatic heterocycles. The van der Waals surface area contributed by atoms with Gasteiger partial charge in [-0.05, 0) is 32.1 Å². The molecule has 28 heavy (non-hydrogen) atoms. The highest BCUT2D eigenvalue weighted by Crippen LogP contribution is 2.27. The molecular formula is C18H34N4O5S. The highest BCUT2D eigenvalue weighted by molar-refractivity contribution is 7.86. The Morgan fingerprint density at radius 2 is 1.71 bits per heavy atom. The first-order chi connectivity index (χ1) is 13.3. The van der Waals surface area contributed by atoms with Crippen molar-refractivity contribution in [1.82, 2.24) is 18.8 Å². The number of carbonyl (C=O) groups excluding carboxylic acids is 1. The number of ether oxygens (including phenoxy) is 1. The van der Waals surface area contributed by atoms with E-state index >= 15 is 0 Å². The van der Waals surface area contributed by atoms with E-state index < -0.39 is 15.8 Å². The Kier molecular flexibility index (Phi) is 7.32. The third-order valence-electron chi connectivity index (χ3n) is 6.01. The van der Waals surface area contributed by atoms with E-state index in [0.29, 0.717) is 65.2 Å². The van der Waals surface area contributed by atoms with Crippen molar-refractivity contribution in [2.45, 2.75) is 50.7 Å². The van der Waals surface area contributed by atoms with E-state index in [0.717, 1.165) is 25.9 Å². The standard InChI is InChI=1S/C18H34N4O5S/c1-16(23)19-17-3-8-20(9-4-17)15-18(24)5-2-7-21(10-6-18)28(25,26)22-11-13-27-14-12-22/h17,24H,2-15H2,1H3,(H,19,23)/t18-/m1/s1. The van der Waals surface area contributed by atoms with Gasteiger partial charge in [-0.3, -0.25) is 4.79 Å². The van der Waals surface area contributed by atoms with Crippen molar-refractivity contribution in [2.75, 3.05) is 59.0 Å². The fourth-order valence-corrected chi connectivity index (χ4v) is 6.04. The van der Waals surface area contributed by atoms with Gasteiger partial charge < -0.3 is 20.1 Å². The monoisotopic (exact) mass is 418 g/mol. The lowest BCUT2D eigenvalue weighted by Crippen LogP contribution is -2.51. The predicted molar refractivity (Wildman–Crippen MR) is 105 cm³/mol. The quantitative estimate of drug-likeness (QED) is 0.617. The number of amides is 1. The summed E-state index contributed by atoms with van der Waals surface area (Å²) in [6, 6.07) is 0.215. The van der Waals surface area contributed by atoms with Crippen molar-refractivity contribution in [1.29, 1.82) is 0 Å². The fourth-order valence-electron chi connectivity index (χ4n) is 4.42. The van der Waals surface area contributed by atoms with Crippen LogP contribution in [0.3, 0.4) is 0 Å². The normalized spacial score (nSPS) is 30.1. The zero-order valence-electron chi connectivity index (χ0n) is 16.8. The molecule has 3 aliphatic rings. The van der Waals surface area contributed by atoms with E-state index in [1.54, 1.807) is 0 Å². The van der Waals surface area contributed by atoms with Crippen molar-refractivity contribution in [3.63, 3.8) is 0 Å². The lowest BCUT2D eigenvalue weighted by molar-refractivity contribution is -0.120. The lowest BCUT2D eigenvalue weighted by atomic mass is 9.93. The van der Waals surface area contributed by atoms with Crippen molar-refractivity contribution in [3.05, 3.63) is 0 Å². The van der Waals surface area contributed by atoms with Crippen LogP contribution in [-0.2, 0) is 19.7 Å². The summed E-state index contributed by atoms with van der Waals surface area (Å²) < 4.78 is 34.1. The average Bonchev–Trinajstić information content (AvgIpc) is 2.86. The Balaban J connectivity index is 1.52. The first-order valence-corrected chi connectivity index (χ1v) is 11.7. The smallest absolute Gasteiger partial charge is 0.282 e. The summed E-state index contributed by atoms with van der Waals surface area (Å²) in [6.45, 7) is 6.23. The van der Waals surface area contributed by atoms with Crippen LogP contribution in [0.5, 0.6) is 0 Å². The minimum absolute atomic E-state index is 0.00224. The molecule has 0 radical (unpaired) electrons. The molecule has 9 nitrogen and oxygen atoms in total. The number of rotatable bonds is 5. The number of hydrogen-bond donors (Lipinski definition) is 2. The van der Waals surface area contributed by atoms with Gasteiger partial charge in [-0.2, -0.15) is 17.0 Å². The second-order valence-corrected chi connectivity index (χ2v) is 10.2. The third kappa shape index (κ3) is 5.64. The number of morpholine rings is 1. The van der Waals surface area contributed by atoms with Crippen LogP contribution in [0.2, 0.25) is 0 Å². The third-order valence-corrected chi connectivity index (χ3v) is 8.05. The van der Waals surface area contributed by atoms with E-state index in [1.807, 2.05) is 0 Å². The summed E-state index contributed by atoms with van der Waals surface area (Å²) in [4.78, 5) is 13.4. The van der Waals surface area contributed by atoms with E-state index in [2.05, 4.69) is 10.2 Å². The molecule has 0 unspecified atom stereocenters. The summed E-state index contributed by atoms with van der Waals surface area (Å²) in [5, 5.41) is 14.1. The van der Waals surface area contributed by atoms with Crippen LogP contribution < -0.4 is 5.32 Å². The maximum atomic E-state index is 12.9. The summed E-state index contributed by atoms with van der Waals surface area (Å²) in [7, 11) is -3.49. The molecule has 3 saturated heterocycles. The van der Waals surface area contributed by atoms with Gasteiger partial charge in [-0.15, -0.1) is 0 Å². The molecule has 0 spiro atoms. The lowest BCUT2D eigenvalue weighted by Gasteiger charge is -2.38. The van der Waals surface area contributed by atoms with Gasteiger partial charge in [0.2, 0.25) is 5.91 Å². The van der Waals surface area contributed by atoms with Crippen molar-refractivity contribution in [2.24, 2.45) is 0 Å². The second-order valence-electron chi connectivity index (χ2n) is 8.25. The first-order valence-electron chi connectivity index (χ1n) is 10.3. The van der Waals surface area contributed by atoms with Gasteiger partial charge in [0.05, 0.1) is 18.8 Å². The van der Waals surface area contributed by atoms with Gasteiger partial charge >= 0.3 is 0 Å². The Morgan fingerprint density at radius 3 is 2.36 bits per heavy atom. The van der Waals surface area contributed by atoms with Gasteiger partial charge in [-0.1, -0.05) is 0 Å². The number of piperidine rings is 1. The summed E-state index contributed by atoms with van der Waals surface area (Å²) >= 11 is 0. The van der Waals surface area contributed by atoms with Gasteiger partial charge in [-0.25, -0.2) is 0 Å². The number of likely N-dealkylation sites (tertiary alicyclic amines) is 1. The van der Waals surface area contributed by atoms with Crippen LogP contribution in [0, 0.1) is 0 Å². The number of β-amino-alcohol motifs (C(OH)–C–C–N with tert-alkyl or cyclic N) is 1. The first kappa shape index (κ1) is 21.9. The average molecular weight is 419 g/mol. The van der Waals surface area contributed by atoms with Gasteiger partial charge in [0, 0.05) is 58.8 Å². The molecule has 1 amide bonds. The largest absolute Gasteiger partial charge is 0.389 e. The predicted octanol–water partition coefficient (Wildman–Crippen LogP) is -0.619. The molecule has 162 valence electrons. The van der Waals surface area contributed by atoms with Crippen LogP contribution >= 0.6 is 0 Å². The van der Waals surface area contributed by atoms with Crippen LogP contribution in [0.1, 0.15) is 39.0 Å². The van der Waals surface area contributed by atoms with Crippen LogP contribution in [0.25, 0.3) is 0 Å². The fraction of sp³-hybridized carbons (Fsp3) is 0.944. The Bertz CT molecular complexity index is 632. The van der Waals surface area contributed by atoms with E-state index in [4.69, 9.17) is 4.74 Å². The molecule has 0 aliphatic carbocycles. The molecule has 0 bridgehead atoms. The topological polar surface area (TPSA) is 102 Å². The molecule has 10 heteroatoms. The number of carbonyl (C=O) groups is 1. The van der Waals surface area contributed by atoms with Crippen LogP contribution in [-0.4, -0.2) is 104 Å². The molecule has 0 aromatic rings. The van der Waals surface area contributed by atoms with E-state index in [9.17, 15) is 18.3 Å². The zero-order valence-corrected chi connectivity index (χ0v) is 17.6. The van der Waals surface area contributed by atoms with Crippen molar-refractivity contribution < 1.29 is 23.1 Å². The van der Waals surface area contributed by atoms with E-state index in [-0.39, 0.29) is 11.9 Å². The maximum absolute atomic E-state index is 12.9.